The Morgan fingerprint density at radius 3 is 2.69 bits per heavy atom. The summed E-state index contributed by atoms with van der Waals surface area (Å²) in [6.45, 7) is 2.44. The van der Waals surface area contributed by atoms with Crippen LogP contribution in [0.5, 0.6) is 5.75 Å². The lowest BCUT2D eigenvalue weighted by atomic mass is 9.95. The van der Waals surface area contributed by atoms with Crippen LogP contribution in [0.15, 0.2) is 54.6 Å². The second-order valence-electron chi connectivity index (χ2n) is 6.47. The molecule has 2 atom stereocenters. The van der Waals surface area contributed by atoms with Gasteiger partial charge in [-0.3, -0.25) is 4.79 Å². The van der Waals surface area contributed by atoms with Gasteiger partial charge in [0.05, 0.1) is 7.11 Å². The molecule has 2 aromatic carbocycles. The first kappa shape index (κ1) is 20.2. The molecule has 1 heterocycles. The summed E-state index contributed by atoms with van der Waals surface area (Å²) in [6.07, 6.45) is 0.450. The normalized spacial score (nSPS) is 19.6. The molecular weight excluding hydrogens is 350 g/mol. The zero-order chi connectivity index (χ0) is 17.6. The first-order chi connectivity index (χ1) is 12.2. The van der Waals surface area contributed by atoms with Crippen molar-refractivity contribution in [1.82, 2.24) is 4.90 Å². The van der Waals surface area contributed by atoms with Crippen LogP contribution in [-0.2, 0) is 4.79 Å². The van der Waals surface area contributed by atoms with E-state index in [1.165, 1.54) is 5.56 Å². The van der Waals surface area contributed by atoms with Gasteiger partial charge in [0.15, 0.2) is 0 Å². The molecule has 140 valence electrons. The van der Waals surface area contributed by atoms with Crippen molar-refractivity contribution in [2.24, 2.45) is 5.73 Å². The van der Waals surface area contributed by atoms with Crippen LogP contribution in [0.2, 0.25) is 0 Å². The number of nitrogens with zero attached hydrogens (tertiary/aromatic N) is 1. The number of methoxy groups -OCH3 is 1. The maximum atomic E-state index is 12.2. The van der Waals surface area contributed by atoms with Gasteiger partial charge in [-0.05, 0) is 17.7 Å². The maximum Gasteiger partial charge on any atom is 0.225 e. The Morgan fingerprint density at radius 2 is 1.96 bits per heavy atom. The van der Waals surface area contributed by atoms with Gasteiger partial charge in [0.1, 0.15) is 5.75 Å². The van der Waals surface area contributed by atoms with Crippen molar-refractivity contribution < 1.29 is 9.53 Å². The topological polar surface area (TPSA) is 67.6 Å². The van der Waals surface area contributed by atoms with Crippen LogP contribution in [0.1, 0.15) is 17.9 Å². The molecule has 1 saturated heterocycles. The average molecular weight is 376 g/mol. The molecule has 2 aromatic rings. The Balaban J connectivity index is 0.00000243. The summed E-state index contributed by atoms with van der Waals surface area (Å²) >= 11 is 0. The number of carbonyl (C=O) groups excluding carboxylic acids is 1. The lowest BCUT2D eigenvalue weighted by molar-refractivity contribution is -0.116. The van der Waals surface area contributed by atoms with E-state index in [4.69, 9.17) is 10.5 Å². The van der Waals surface area contributed by atoms with Gasteiger partial charge in [-0.2, -0.15) is 0 Å². The van der Waals surface area contributed by atoms with Crippen molar-refractivity contribution in [3.8, 4) is 5.75 Å². The molecule has 0 radical (unpaired) electrons. The largest absolute Gasteiger partial charge is 0.497 e. The van der Waals surface area contributed by atoms with Crippen LogP contribution in [0.3, 0.4) is 0 Å². The number of amides is 1. The Bertz CT molecular complexity index is 711. The van der Waals surface area contributed by atoms with Gasteiger partial charge in [-0.25, -0.2) is 0 Å². The van der Waals surface area contributed by atoms with Crippen molar-refractivity contribution in [2.75, 3.05) is 32.1 Å². The van der Waals surface area contributed by atoms with E-state index in [-0.39, 0.29) is 24.4 Å². The minimum atomic E-state index is 0. The fourth-order valence-electron chi connectivity index (χ4n) is 3.33. The third kappa shape index (κ3) is 5.21. The fraction of sp³-hybridized carbons (Fsp3) is 0.350. The number of nitrogens with one attached hydrogen (secondary N) is 1. The van der Waals surface area contributed by atoms with Crippen LogP contribution < -0.4 is 15.8 Å². The summed E-state index contributed by atoms with van der Waals surface area (Å²) in [7, 11) is 1.61. The smallest absolute Gasteiger partial charge is 0.225 e. The van der Waals surface area contributed by atoms with Crippen LogP contribution in [-0.4, -0.2) is 43.6 Å². The molecule has 3 N–H and O–H groups in total. The lowest BCUT2D eigenvalue weighted by Gasteiger charge is -2.16. The minimum absolute atomic E-state index is 0. The number of rotatable bonds is 6. The molecule has 0 bridgehead atoms. The zero-order valence-electron chi connectivity index (χ0n) is 14.9. The number of hydrogen-bond donors (Lipinski definition) is 2. The summed E-state index contributed by atoms with van der Waals surface area (Å²) < 4.78 is 5.17. The van der Waals surface area contributed by atoms with Gasteiger partial charge in [0.25, 0.3) is 0 Å². The van der Waals surface area contributed by atoms with E-state index in [1.807, 2.05) is 42.5 Å². The molecular formula is C20H26ClN3O2. The standard InChI is InChI=1S/C20H25N3O2.ClH/c1-25-17-9-5-8-16(12-17)22-20(24)10-11-23-13-18(19(21)14-23)15-6-3-2-4-7-15;/h2-9,12,18-19H,10-11,13-14,21H2,1H3,(H,22,24);1H/t18-,19+;/m0./s1. The van der Waals surface area contributed by atoms with Gasteiger partial charge in [0, 0.05) is 49.8 Å². The summed E-state index contributed by atoms with van der Waals surface area (Å²) in [5, 5.41) is 2.92. The highest BCUT2D eigenvalue weighted by atomic mass is 35.5. The third-order valence-corrected chi connectivity index (χ3v) is 4.68. The average Bonchev–Trinajstić information content (AvgIpc) is 3.01. The molecule has 6 heteroatoms. The van der Waals surface area contributed by atoms with E-state index in [0.29, 0.717) is 18.9 Å². The molecule has 0 aliphatic carbocycles. The molecule has 26 heavy (non-hydrogen) atoms. The van der Waals surface area contributed by atoms with Crippen molar-refractivity contribution in [3.05, 3.63) is 60.2 Å². The number of halogens is 1. The molecule has 1 aliphatic heterocycles. The number of hydrogen-bond acceptors (Lipinski definition) is 4. The summed E-state index contributed by atoms with van der Waals surface area (Å²) in [4.78, 5) is 14.5. The number of anilines is 1. The highest BCUT2D eigenvalue weighted by molar-refractivity contribution is 5.91. The van der Waals surface area contributed by atoms with Crippen molar-refractivity contribution in [2.45, 2.75) is 18.4 Å². The SMILES string of the molecule is COc1cccc(NC(=O)CCN2C[C@@H](N)[C@H](c3ccccc3)C2)c1.Cl. The first-order valence-electron chi connectivity index (χ1n) is 8.62. The van der Waals surface area contributed by atoms with Crippen molar-refractivity contribution in [1.29, 1.82) is 0 Å². The molecule has 1 fully saturated rings. The quantitative estimate of drug-likeness (QED) is 0.814. The Hall–Kier alpha value is -2.08. The van der Waals surface area contributed by atoms with Gasteiger partial charge in [0.2, 0.25) is 5.91 Å². The highest BCUT2D eigenvalue weighted by Crippen LogP contribution is 2.26. The van der Waals surface area contributed by atoms with Gasteiger partial charge in [-0.1, -0.05) is 36.4 Å². The van der Waals surface area contributed by atoms with Crippen LogP contribution in [0.25, 0.3) is 0 Å². The number of nitrogens with two attached hydrogens (primary N) is 1. The number of likely N-dealkylation sites (tertiary alicyclic amines) is 1. The second-order valence-corrected chi connectivity index (χ2v) is 6.47. The third-order valence-electron chi connectivity index (χ3n) is 4.68. The fourth-order valence-corrected chi connectivity index (χ4v) is 3.33. The summed E-state index contributed by atoms with van der Waals surface area (Å²) in [5.41, 5.74) is 8.34. The van der Waals surface area contributed by atoms with Crippen molar-refractivity contribution >= 4 is 24.0 Å². The monoisotopic (exact) mass is 375 g/mol. The Labute approximate surface area is 160 Å². The van der Waals surface area contributed by atoms with Crippen LogP contribution >= 0.6 is 12.4 Å². The zero-order valence-corrected chi connectivity index (χ0v) is 15.7. The Kier molecular flexibility index (Phi) is 7.45. The van der Waals surface area contributed by atoms with Gasteiger partial charge < -0.3 is 20.7 Å². The predicted molar refractivity (Wildman–Crippen MR) is 107 cm³/mol. The number of benzene rings is 2. The van der Waals surface area contributed by atoms with E-state index < -0.39 is 0 Å². The van der Waals surface area contributed by atoms with Crippen LogP contribution in [0, 0.1) is 0 Å². The van der Waals surface area contributed by atoms with E-state index in [9.17, 15) is 4.79 Å². The van der Waals surface area contributed by atoms with E-state index >= 15 is 0 Å². The number of carbonyl (C=O) groups is 1. The van der Waals surface area contributed by atoms with E-state index in [0.717, 1.165) is 24.5 Å². The molecule has 0 aromatic heterocycles. The van der Waals surface area contributed by atoms with Crippen LogP contribution in [0.4, 0.5) is 5.69 Å². The molecule has 1 amide bonds. The molecule has 5 nitrogen and oxygen atoms in total. The maximum absolute atomic E-state index is 12.2. The summed E-state index contributed by atoms with van der Waals surface area (Å²) in [6, 6.07) is 17.9. The number of ether oxygens (including phenoxy) is 1. The second kappa shape index (κ2) is 9.57. The van der Waals surface area contributed by atoms with Gasteiger partial charge in [-0.15, -0.1) is 12.4 Å². The molecule has 0 unspecified atom stereocenters. The van der Waals surface area contributed by atoms with Gasteiger partial charge >= 0.3 is 0 Å². The Morgan fingerprint density at radius 1 is 1.19 bits per heavy atom. The molecule has 3 rings (SSSR count). The van der Waals surface area contributed by atoms with Crippen molar-refractivity contribution in [3.63, 3.8) is 0 Å². The predicted octanol–water partition coefficient (Wildman–Crippen LogP) is 2.87. The van der Waals surface area contributed by atoms with E-state index in [1.54, 1.807) is 7.11 Å². The summed E-state index contributed by atoms with van der Waals surface area (Å²) in [5.74, 6) is 1.07. The molecule has 0 spiro atoms. The first-order valence-corrected chi connectivity index (χ1v) is 8.62. The molecule has 0 saturated carbocycles. The minimum Gasteiger partial charge on any atom is -0.497 e. The highest BCUT2D eigenvalue weighted by Gasteiger charge is 2.31. The lowest BCUT2D eigenvalue weighted by Crippen LogP contribution is -2.30. The van der Waals surface area contributed by atoms with E-state index in [2.05, 4.69) is 22.3 Å². The molecule has 1 aliphatic rings.